The van der Waals surface area contributed by atoms with E-state index in [1.54, 1.807) is 75.4 Å². The van der Waals surface area contributed by atoms with Crippen LogP contribution in [0.3, 0.4) is 0 Å². The molecule has 0 aliphatic heterocycles. The van der Waals surface area contributed by atoms with Crippen molar-refractivity contribution in [2.75, 3.05) is 13.2 Å². The van der Waals surface area contributed by atoms with Crippen molar-refractivity contribution >= 4 is 35.7 Å². The fourth-order valence-corrected chi connectivity index (χ4v) is 3.16. The maximum Gasteiger partial charge on any atom is 0.339 e. The van der Waals surface area contributed by atoms with Crippen molar-refractivity contribution in [1.82, 2.24) is 5.32 Å². The Kier molecular flexibility index (Phi) is 11.0. The average Bonchev–Trinajstić information content (AvgIpc) is 2.87. The molecule has 0 radical (unpaired) electrons. The average molecular weight is 510 g/mol. The summed E-state index contributed by atoms with van der Waals surface area (Å²) in [6.07, 6.45) is 1.61. The number of carbonyl (C=O) groups is 4. The number of hydrogen-bond acceptors (Lipinski definition) is 8. The lowest BCUT2D eigenvalue weighted by atomic mass is 10.1. The monoisotopic (exact) mass is 509 g/mol. The first kappa shape index (κ1) is 28.8. The summed E-state index contributed by atoms with van der Waals surface area (Å²) in [7, 11) is 0. The van der Waals surface area contributed by atoms with E-state index in [9.17, 15) is 19.2 Å². The number of rotatable bonds is 12. The smallest absolute Gasteiger partial charge is 0.339 e. The number of benzene rings is 2. The largest absolute Gasteiger partial charge is 0.466 e. The van der Waals surface area contributed by atoms with Crippen LogP contribution in [0.25, 0.3) is 6.08 Å². The normalized spacial score (nSPS) is 11.7. The minimum Gasteiger partial charge on any atom is -0.466 e. The molecule has 10 nitrogen and oxygen atoms in total. The Hall–Kier alpha value is -4.47. The summed E-state index contributed by atoms with van der Waals surface area (Å²) in [4.78, 5) is 49.0. The van der Waals surface area contributed by atoms with Gasteiger partial charge in [-0.15, -0.1) is 0 Å². The summed E-state index contributed by atoms with van der Waals surface area (Å²) in [5, 5.41) is 10.00. The molecule has 0 spiro atoms. The van der Waals surface area contributed by atoms with E-state index in [1.165, 1.54) is 0 Å². The van der Waals surface area contributed by atoms with Crippen LogP contribution in [0.1, 0.15) is 55.1 Å². The van der Waals surface area contributed by atoms with Gasteiger partial charge in [0.2, 0.25) is 0 Å². The first-order valence-electron chi connectivity index (χ1n) is 11.7. The molecule has 0 saturated carbocycles. The molecule has 1 amide bonds. The van der Waals surface area contributed by atoms with Gasteiger partial charge in [0.1, 0.15) is 17.6 Å². The number of nitrogens with one attached hydrogen (secondary N) is 2. The van der Waals surface area contributed by atoms with Gasteiger partial charge in [-0.2, -0.15) is 0 Å². The highest BCUT2D eigenvalue weighted by molar-refractivity contribution is 5.98. The van der Waals surface area contributed by atoms with E-state index in [0.717, 1.165) is 0 Å². The number of nitrogens with two attached hydrogens (primary N) is 1. The number of nitrogen functional groups attached to an aromatic ring is 1. The maximum atomic E-state index is 12.7. The third-order valence-corrected chi connectivity index (χ3v) is 5.07. The Morgan fingerprint density at radius 2 is 1.54 bits per heavy atom. The van der Waals surface area contributed by atoms with E-state index in [2.05, 4.69) is 5.32 Å². The maximum absolute atomic E-state index is 12.7. The van der Waals surface area contributed by atoms with Crippen molar-refractivity contribution in [3.05, 3.63) is 70.8 Å². The minimum atomic E-state index is -1.00. The van der Waals surface area contributed by atoms with Crippen LogP contribution < -0.4 is 15.8 Å². The second-order valence-electron chi connectivity index (χ2n) is 7.90. The second-order valence-corrected chi connectivity index (χ2v) is 7.90. The fraction of sp³-hybridized carbons (Fsp3) is 0.296. The Labute approximate surface area is 215 Å². The molecular formula is C27H31N3O7. The van der Waals surface area contributed by atoms with Gasteiger partial charge >= 0.3 is 17.9 Å². The highest BCUT2D eigenvalue weighted by Gasteiger charge is 2.24. The second kappa shape index (κ2) is 14.2. The first-order valence-corrected chi connectivity index (χ1v) is 11.7. The van der Waals surface area contributed by atoms with Crippen LogP contribution in [0.4, 0.5) is 0 Å². The summed E-state index contributed by atoms with van der Waals surface area (Å²) in [6.45, 7) is 5.29. The number of esters is 3. The van der Waals surface area contributed by atoms with Crippen LogP contribution in [0.5, 0.6) is 5.75 Å². The van der Waals surface area contributed by atoms with E-state index in [0.29, 0.717) is 22.4 Å². The van der Waals surface area contributed by atoms with Gasteiger partial charge in [-0.3, -0.25) is 15.0 Å². The molecule has 0 heterocycles. The van der Waals surface area contributed by atoms with Gasteiger partial charge in [-0.25, -0.2) is 9.59 Å². The van der Waals surface area contributed by atoms with E-state index >= 15 is 0 Å². The lowest BCUT2D eigenvalue weighted by molar-refractivity contribution is -0.147. The van der Waals surface area contributed by atoms with Crippen molar-refractivity contribution in [1.29, 1.82) is 5.41 Å². The Morgan fingerprint density at radius 3 is 2.11 bits per heavy atom. The summed E-state index contributed by atoms with van der Waals surface area (Å²) in [5.74, 6) is -1.94. The van der Waals surface area contributed by atoms with E-state index in [4.69, 9.17) is 25.4 Å². The van der Waals surface area contributed by atoms with E-state index in [1.807, 2.05) is 0 Å². The molecule has 0 aliphatic rings. The molecule has 2 aromatic carbocycles. The molecule has 2 aromatic rings. The zero-order valence-electron chi connectivity index (χ0n) is 21.0. The van der Waals surface area contributed by atoms with Crippen molar-refractivity contribution in [2.24, 2.45) is 5.73 Å². The molecular weight excluding hydrogens is 478 g/mol. The third-order valence-electron chi connectivity index (χ3n) is 5.07. The third kappa shape index (κ3) is 9.25. The molecule has 4 N–H and O–H groups in total. The van der Waals surface area contributed by atoms with Gasteiger partial charge in [0.25, 0.3) is 5.91 Å². The molecule has 0 fully saturated rings. The predicted molar refractivity (Wildman–Crippen MR) is 137 cm³/mol. The molecule has 37 heavy (non-hydrogen) atoms. The van der Waals surface area contributed by atoms with Crippen LogP contribution in [0.2, 0.25) is 0 Å². The summed E-state index contributed by atoms with van der Waals surface area (Å²) in [6, 6.07) is 11.6. The fourth-order valence-electron chi connectivity index (χ4n) is 3.16. The lowest BCUT2D eigenvalue weighted by Gasteiger charge is -2.17. The zero-order valence-corrected chi connectivity index (χ0v) is 21.0. The molecule has 0 bridgehead atoms. The molecule has 0 aromatic heterocycles. The van der Waals surface area contributed by atoms with Gasteiger partial charge in [0.15, 0.2) is 0 Å². The lowest BCUT2D eigenvalue weighted by Crippen LogP contribution is -2.42. The van der Waals surface area contributed by atoms with E-state index in [-0.39, 0.29) is 37.5 Å². The van der Waals surface area contributed by atoms with E-state index < -0.39 is 29.9 Å². The molecule has 0 aliphatic carbocycles. The standard InChI is InChI=1S/C27H31N3O7/c1-4-35-23(31)15-14-22(27(34)36-5-2)30-25(32)20-8-6-18(7-9-20)16-17(3)26(33)37-21-12-10-19(11-13-21)24(28)29/h6-13,16,22H,4-5,14-15H2,1-3H3,(H3,28,29)(H,30,32)/t22-/m0/s1. The Bertz CT molecular complexity index is 1160. The highest BCUT2D eigenvalue weighted by Crippen LogP contribution is 2.16. The number of carbonyl (C=O) groups excluding carboxylic acids is 4. The summed E-state index contributed by atoms with van der Waals surface area (Å²) < 4.78 is 15.2. The van der Waals surface area contributed by atoms with Gasteiger partial charge in [-0.1, -0.05) is 12.1 Å². The highest BCUT2D eigenvalue weighted by atomic mass is 16.5. The van der Waals surface area contributed by atoms with Crippen molar-refractivity contribution in [3.63, 3.8) is 0 Å². The van der Waals surface area contributed by atoms with Crippen LogP contribution in [0, 0.1) is 5.41 Å². The zero-order chi connectivity index (χ0) is 27.4. The molecule has 0 saturated heterocycles. The van der Waals surface area contributed by atoms with Gasteiger partial charge < -0.3 is 25.3 Å². The molecule has 1 atom stereocenters. The van der Waals surface area contributed by atoms with Crippen LogP contribution in [0.15, 0.2) is 54.1 Å². The van der Waals surface area contributed by atoms with Crippen molar-refractivity contribution < 1.29 is 33.4 Å². The topological polar surface area (TPSA) is 158 Å². The number of amides is 1. The Morgan fingerprint density at radius 1 is 0.946 bits per heavy atom. The van der Waals surface area contributed by atoms with Gasteiger partial charge in [0, 0.05) is 23.1 Å². The van der Waals surface area contributed by atoms with Crippen LogP contribution >= 0.6 is 0 Å². The molecule has 10 heteroatoms. The SMILES string of the molecule is CCOC(=O)CC[C@H](NC(=O)c1ccc(C=C(C)C(=O)Oc2ccc(C(=N)N)cc2)cc1)C(=O)OCC. The van der Waals surface area contributed by atoms with Crippen LogP contribution in [-0.4, -0.2) is 48.9 Å². The molecule has 196 valence electrons. The number of amidine groups is 1. The first-order chi connectivity index (χ1) is 17.6. The number of ether oxygens (including phenoxy) is 3. The molecule has 0 unspecified atom stereocenters. The quantitative estimate of drug-likeness (QED) is 0.130. The summed E-state index contributed by atoms with van der Waals surface area (Å²) in [5.41, 5.74) is 7.20. The van der Waals surface area contributed by atoms with Gasteiger partial charge in [-0.05, 0) is 75.2 Å². The van der Waals surface area contributed by atoms with Crippen molar-refractivity contribution in [2.45, 2.75) is 39.7 Å². The summed E-state index contributed by atoms with van der Waals surface area (Å²) >= 11 is 0. The minimum absolute atomic E-state index is 0.0441. The predicted octanol–water partition coefficient (Wildman–Crippen LogP) is 2.98. The van der Waals surface area contributed by atoms with Gasteiger partial charge in [0.05, 0.1) is 13.2 Å². The van der Waals surface area contributed by atoms with Crippen molar-refractivity contribution in [3.8, 4) is 5.75 Å². The Balaban J connectivity index is 2.03. The number of hydrogen-bond donors (Lipinski definition) is 3. The van der Waals surface area contributed by atoms with Crippen LogP contribution in [-0.2, 0) is 23.9 Å². The molecule has 2 rings (SSSR count).